The number of aliphatic hydroxyl groups excluding tert-OH is 1. The molecule has 14 heteroatoms. The number of sulfonamides is 2. The van der Waals surface area contributed by atoms with E-state index >= 15 is 0 Å². The molecule has 2 N–H and O–H groups in total. The van der Waals surface area contributed by atoms with E-state index in [4.69, 9.17) is 14.2 Å². The minimum atomic E-state index is -3.95. The molecule has 3 aromatic carbocycles. The maximum Gasteiger partial charge on any atom is 0.261 e. The van der Waals surface area contributed by atoms with Crippen LogP contribution in [0.25, 0.3) is 0 Å². The molecule has 4 atom stereocenters. The molecule has 1 aliphatic rings. The van der Waals surface area contributed by atoms with Crippen molar-refractivity contribution in [2.45, 2.75) is 68.1 Å². The Balaban J connectivity index is 1.66. The predicted molar refractivity (Wildman–Crippen MR) is 187 cm³/mol. The van der Waals surface area contributed by atoms with Crippen molar-refractivity contribution in [2.75, 3.05) is 45.2 Å². The minimum absolute atomic E-state index is 0.0204. The molecule has 49 heavy (non-hydrogen) atoms. The van der Waals surface area contributed by atoms with Crippen LogP contribution in [0, 0.1) is 5.92 Å². The fraction of sp³-hybridized carbons (Fsp3) is 0.457. The highest BCUT2D eigenvalue weighted by atomic mass is 32.2. The van der Waals surface area contributed by atoms with Gasteiger partial charge in [0.15, 0.2) is 0 Å². The molecule has 1 aliphatic heterocycles. The van der Waals surface area contributed by atoms with Crippen LogP contribution in [0.3, 0.4) is 0 Å². The van der Waals surface area contributed by atoms with Crippen LogP contribution in [0.5, 0.6) is 11.5 Å². The number of methoxy groups -OCH3 is 1. The molecule has 0 radical (unpaired) electrons. The van der Waals surface area contributed by atoms with Crippen LogP contribution in [-0.4, -0.2) is 95.8 Å². The van der Waals surface area contributed by atoms with Gasteiger partial charge in [-0.1, -0.05) is 25.1 Å². The van der Waals surface area contributed by atoms with Crippen molar-refractivity contribution >= 4 is 31.6 Å². The number of carbonyl (C=O) groups excluding carboxylic acids is 1. The number of amides is 1. The molecule has 0 spiro atoms. The highest BCUT2D eigenvalue weighted by molar-refractivity contribution is 7.92. The second-order valence-corrected chi connectivity index (χ2v) is 16.1. The van der Waals surface area contributed by atoms with E-state index < -0.39 is 38.1 Å². The topological polar surface area (TPSA) is 152 Å². The van der Waals surface area contributed by atoms with Crippen molar-refractivity contribution in [3.63, 3.8) is 0 Å². The van der Waals surface area contributed by atoms with Gasteiger partial charge in [-0.05, 0) is 87.7 Å². The summed E-state index contributed by atoms with van der Waals surface area (Å²) in [6.45, 7) is 5.63. The monoisotopic (exact) mass is 717 g/mol. The Labute approximate surface area is 290 Å². The largest absolute Gasteiger partial charge is 0.497 e. The molecule has 1 heterocycles. The number of anilines is 1. The van der Waals surface area contributed by atoms with E-state index in [2.05, 4.69) is 4.72 Å². The van der Waals surface area contributed by atoms with Gasteiger partial charge in [0, 0.05) is 38.3 Å². The average molecular weight is 718 g/mol. The van der Waals surface area contributed by atoms with Crippen LogP contribution >= 0.6 is 0 Å². The quantitative estimate of drug-likeness (QED) is 0.306. The zero-order chi connectivity index (χ0) is 35.8. The number of nitrogens with one attached hydrogen (secondary N) is 1. The van der Waals surface area contributed by atoms with Crippen molar-refractivity contribution in [3.05, 3.63) is 78.4 Å². The molecule has 3 aromatic rings. The third-order valence-corrected chi connectivity index (χ3v) is 11.8. The molecule has 0 saturated heterocycles. The van der Waals surface area contributed by atoms with E-state index in [1.54, 1.807) is 49.4 Å². The molecule has 1 amide bonds. The van der Waals surface area contributed by atoms with Crippen LogP contribution in [0.1, 0.15) is 50.4 Å². The van der Waals surface area contributed by atoms with Gasteiger partial charge in [0.05, 0.1) is 47.3 Å². The predicted octanol–water partition coefficient (Wildman–Crippen LogP) is 4.61. The summed E-state index contributed by atoms with van der Waals surface area (Å²) in [6, 6.07) is 18.0. The second-order valence-electron chi connectivity index (χ2n) is 12.4. The zero-order valence-corrected chi connectivity index (χ0v) is 30.2. The molecular formula is C35H47N3O9S2. The Hall–Kier alpha value is -3.69. The summed E-state index contributed by atoms with van der Waals surface area (Å²) in [5.74, 6) is -0.0312. The highest BCUT2D eigenvalue weighted by Gasteiger charge is 2.32. The van der Waals surface area contributed by atoms with Gasteiger partial charge in [-0.25, -0.2) is 16.8 Å². The first kappa shape index (κ1) is 38.1. The number of fused-ring (bicyclic) bond motifs is 1. The lowest BCUT2D eigenvalue weighted by Gasteiger charge is -2.35. The van der Waals surface area contributed by atoms with E-state index in [-0.39, 0.29) is 58.5 Å². The first-order valence-corrected chi connectivity index (χ1v) is 19.2. The first-order valence-electron chi connectivity index (χ1n) is 16.3. The fourth-order valence-corrected chi connectivity index (χ4v) is 7.80. The summed E-state index contributed by atoms with van der Waals surface area (Å²) in [5, 5.41) is 10.2. The van der Waals surface area contributed by atoms with Crippen LogP contribution in [0.15, 0.2) is 82.6 Å². The summed E-state index contributed by atoms with van der Waals surface area (Å²) in [4.78, 5) is 16.0. The third-order valence-electron chi connectivity index (χ3n) is 8.56. The van der Waals surface area contributed by atoms with E-state index in [9.17, 15) is 26.7 Å². The van der Waals surface area contributed by atoms with E-state index in [1.165, 1.54) is 53.7 Å². The lowest BCUT2D eigenvalue weighted by Crippen LogP contribution is -2.48. The molecular weight excluding hydrogens is 671 g/mol. The molecule has 268 valence electrons. The summed E-state index contributed by atoms with van der Waals surface area (Å²) in [6.07, 6.45) is 1.24. The van der Waals surface area contributed by atoms with Gasteiger partial charge >= 0.3 is 0 Å². The van der Waals surface area contributed by atoms with Crippen molar-refractivity contribution in [1.29, 1.82) is 0 Å². The van der Waals surface area contributed by atoms with Crippen LogP contribution in [0.4, 0.5) is 5.69 Å². The zero-order valence-electron chi connectivity index (χ0n) is 28.6. The number of hydrogen-bond acceptors (Lipinski definition) is 9. The smallest absolute Gasteiger partial charge is 0.261 e. The summed E-state index contributed by atoms with van der Waals surface area (Å²) in [5.41, 5.74) is 0.297. The number of ether oxygens (including phenoxy) is 3. The maximum absolute atomic E-state index is 14.4. The second kappa shape index (κ2) is 16.8. The average Bonchev–Trinajstić information content (AvgIpc) is 3.09. The summed E-state index contributed by atoms with van der Waals surface area (Å²) < 4.78 is 74.8. The highest BCUT2D eigenvalue weighted by Crippen LogP contribution is 2.30. The Bertz CT molecular complexity index is 1750. The maximum atomic E-state index is 14.4. The molecule has 0 fully saturated rings. The molecule has 0 unspecified atom stereocenters. The standard InChI is InChI=1S/C35H47N3O9S2/c1-25-22-38(26(2)24-39)35(40)32-21-28(36-48(41,42)30-12-7-6-8-13-30)14-19-33(32)47-27(3)11-9-10-20-46-34(25)23-37(4)49(43,44)31-17-15-29(45-5)16-18-31/h6-8,12-19,21,25-27,34,36,39H,9-11,20,22-24H2,1-5H3/t25-,26-,27-,34-/m1/s1. The molecule has 0 aliphatic carbocycles. The van der Waals surface area contributed by atoms with E-state index in [0.29, 0.717) is 25.2 Å². The van der Waals surface area contributed by atoms with Gasteiger partial charge in [-0.15, -0.1) is 0 Å². The van der Waals surface area contributed by atoms with Crippen LogP contribution < -0.4 is 14.2 Å². The first-order chi connectivity index (χ1) is 23.3. The van der Waals surface area contributed by atoms with Gasteiger partial charge in [-0.2, -0.15) is 4.31 Å². The van der Waals surface area contributed by atoms with Crippen LogP contribution in [0.2, 0.25) is 0 Å². The van der Waals surface area contributed by atoms with E-state index in [0.717, 1.165) is 6.42 Å². The van der Waals surface area contributed by atoms with Crippen molar-refractivity contribution < 1.29 is 40.9 Å². The van der Waals surface area contributed by atoms with Gasteiger partial charge in [0.1, 0.15) is 11.5 Å². The number of rotatable bonds is 10. The van der Waals surface area contributed by atoms with Gasteiger partial charge in [-0.3, -0.25) is 9.52 Å². The summed E-state index contributed by atoms with van der Waals surface area (Å²) in [7, 11) is -4.82. The molecule has 0 saturated carbocycles. The number of nitrogens with zero attached hydrogens (tertiary/aromatic N) is 2. The van der Waals surface area contributed by atoms with Crippen molar-refractivity contribution in [3.8, 4) is 11.5 Å². The van der Waals surface area contributed by atoms with Gasteiger partial charge in [0.2, 0.25) is 10.0 Å². The lowest BCUT2D eigenvalue weighted by atomic mass is 10.0. The number of carbonyl (C=O) groups is 1. The van der Waals surface area contributed by atoms with Gasteiger partial charge < -0.3 is 24.2 Å². The van der Waals surface area contributed by atoms with Crippen molar-refractivity contribution in [2.24, 2.45) is 5.92 Å². The Morgan fingerprint density at radius 3 is 2.35 bits per heavy atom. The Morgan fingerprint density at radius 1 is 1.00 bits per heavy atom. The summed E-state index contributed by atoms with van der Waals surface area (Å²) >= 11 is 0. The molecule has 0 bridgehead atoms. The fourth-order valence-electron chi connectivity index (χ4n) is 5.54. The molecule has 12 nitrogen and oxygen atoms in total. The van der Waals surface area contributed by atoms with Gasteiger partial charge in [0.25, 0.3) is 15.9 Å². The lowest BCUT2D eigenvalue weighted by molar-refractivity contribution is -0.00833. The number of hydrogen-bond donors (Lipinski definition) is 2. The van der Waals surface area contributed by atoms with E-state index in [1.807, 2.05) is 13.8 Å². The SMILES string of the molecule is COc1ccc(S(=O)(=O)N(C)C[C@H]2OCCCC[C@@H](C)Oc3ccc(NS(=O)(=O)c4ccccc4)cc3C(=O)N([C@H](C)CO)C[C@H]2C)cc1. The number of likely N-dealkylation sites (N-methyl/N-ethyl adjacent to an activating group) is 1. The normalized spacial score (nSPS) is 20.5. The van der Waals surface area contributed by atoms with Crippen molar-refractivity contribution in [1.82, 2.24) is 9.21 Å². The Morgan fingerprint density at radius 2 is 1.69 bits per heavy atom. The minimum Gasteiger partial charge on any atom is -0.497 e. The molecule has 4 rings (SSSR count). The molecule has 0 aromatic heterocycles. The Kier molecular flexibility index (Phi) is 13.1. The number of benzene rings is 3. The number of aliphatic hydroxyl groups is 1. The third kappa shape index (κ3) is 9.73. The van der Waals surface area contributed by atoms with Crippen LogP contribution in [-0.2, 0) is 24.8 Å².